The lowest BCUT2D eigenvalue weighted by Crippen LogP contribution is -2.52. The summed E-state index contributed by atoms with van der Waals surface area (Å²) in [7, 11) is 0. The molecule has 2 N–H and O–H groups in total. The highest BCUT2D eigenvalue weighted by molar-refractivity contribution is 5.67. The molecule has 0 radical (unpaired) electrons. The second kappa shape index (κ2) is 9.23. The van der Waals surface area contributed by atoms with E-state index in [0.717, 1.165) is 36.8 Å². The van der Waals surface area contributed by atoms with E-state index in [2.05, 4.69) is 17.6 Å². The molecule has 0 bridgehead atoms. The van der Waals surface area contributed by atoms with Crippen LogP contribution >= 0.6 is 0 Å². The molecular weight excluding hydrogens is 312 g/mol. The molecule has 4 heteroatoms. The lowest BCUT2D eigenvalue weighted by molar-refractivity contribution is 0.125. The molecule has 1 aromatic carbocycles. The van der Waals surface area contributed by atoms with Crippen LogP contribution in [0.25, 0.3) is 0 Å². The summed E-state index contributed by atoms with van der Waals surface area (Å²) in [6, 6.07) is 10.6. The lowest BCUT2D eigenvalue weighted by atomic mass is 9.81. The number of amides is 1. The van der Waals surface area contributed by atoms with Gasteiger partial charge in [0, 0.05) is 12.1 Å². The Morgan fingerprint density at radius 2 is 1.80 bits per heavy atom. The summed E-state index contributed by atoms with van der Waals surface area (Å²) in [5.41, 5.74) is 1.02. The first-order valence-corrected chi connectivity index (χ1v) is 9.89. The molecule has 25 heavy (non-hydrogen) atoms. The third-order valence-electron chi connectivity index (χ3n) is 5.79. The summed E-state index contributed by atoms with van der Waals surface area (Å²) in [4.78, 5) is 11.8. The molecule has 4 nitrogen and oxygen atoms in total. The molecule has 0 saturated heterocycles. The fraction of sp³-hybridized carbons (Fsp3) is 0.667. The molecule has 2 aliphatic carbocycles. The summed E-state index contributed by atoms with van der Waals surface area (Å²) >= 11 is 0. The average molecular weight is 344 g/mol. The molecule has 0 atom stereocenters. The maximum absolute atomic E-state index is 11.8. The predicted molar refractivity (Wildman–Crippen MR) is 100 cm³/mol. The largest absolute Gasteiger partial charge is 0.445 e. The molecule has 0 aromatic heterocycles. The van der Waals surface area contributed by atoms with E-state index >= 15 is 0 Å². The van der Waals surface area contributed by atoms with Crippen LogP contribution in [0.1, 0.15) is 57.4 Å². The van der Waals surface area contributed by atoms with Gasteiger partial charge in [-0.05, 0) is 43.2 Å². The Morgan fingerprint density at radius 1 is 1.08 bits per heavy atom. The number of nitrogens with one attached hydrogen (secondary N) is 2. The third kappa shape index (κ3) is 6.03. The predicted octanol–water partition coefficient (Wildman–Crippen LogP) is 4.25. The normalized spacial score (nSPS) is 28.8. The zero-order valence-electron chi connectivity index (χ0n) is 15.4. The van der Waals surface area contributed by atoms with Gasteiger partial charge in [0.25, 0.3) is 0 Å². The molecule has 0 unspecified atom stereocenters. The Morgan fingerprint density at radius 3 is 2.52 bits per heavy atom. The minimum absolute atomic E-state index is 0.260. The fourth-order valence-corrected chi connectivity index (χ4v) is 3.94. The Hall–Kier alpha value is -1.55. The van der Waals surface area contributed by atoms with Gasteiger partial charge in [-0.3, -0.25) is 0 Å². The van der Waals surface area contributed by atoms with Gasteiger partial charge in [0.05, 0.1) is 0 Å². The van der Waals surface area contributed by atoms with E-state index in [9.17, 15) is 4.79 Å². The van der Waals surface area contributed by atoms with Gasteiger partial charge in [0.15, 0.2) is 0 Å². The average Bonchev–Trinajstić information content (AvgIpc) is 2.60. The molecule has 0 spiro atoms. The van der Waals surface area contributed by atoms with Crippen molar-refractivity contribution in [2.24, 2.45) is 11.8 Å². The molecule has 138 valence electrons. The van der Waals surface area contributed by atoms with Crippen LogP contribution < -0.4 is 10.6 Å². The molecule has 2 aliphatic rings. The number of carbonyl (C=O) groups excluding carboxylic acids is 1. The molecule has 1 amide bonds. The van der Waals surface area contributed by atoms with Crippen LogP contribution in [0.5, 0.6) is 0 Å². The van der Waals surface area contributed by atoms with Gasteiger partial charge in [-0.25, -0.2) is 4.79 Å². The van der Waals surface area contributed by atoms with Gasteiger partial charge in [0.2, 0.25) is 0 Å². The standard InChI is InChI=1S/C21H32N2O2/c1-16-7-9-17(10-8-16)11-12-22-19-13-20(14-19)23-21(24)25-15-18-5-3-2-4-6-18/h2-6,16-17,19-20,22H,7-15H2,1H3,(H,23,24). The zero-order valence-corrected chi connectivity index (χ0v) is 15.4. The highest BCUT2D eigenvalue weighted by Gasteiger charge is 2.30. The monoisotopic (exact) mass is 344 g/mol. The Kier molecular flexibility index (Phi) is 6.74. The van der Waals surface area contributed by atoms with Gasteiger partial charge < -0.3 is 15.4 Å². The maximum Gasteiger partial charge on any atom is 0.407 e. The van der Waals surface area contributed by atoms with E-state index in [0.29, 0.717) is 12.6 Å². The van der Waals surface area contributed by atoms with Gasteiger partial charge >= 0.3 is 6.09 Å². The van der Waals surface area contributed by atoms with Crippen LogP contribution in [-0.2, 0) is 11.3 Å². The van der Waals surface area contributed by atoms with E-state index in [4.69, 9.17) is 4.74 Å². The first-order valence-electron chi connectivity index (χ1n) is 9.89. The smallest absolute Gasteiger partial charge is 0.407 e. The van der Waals surface area contributed by atoms with Gasteiger partial charge in [-0.1, -0.05) is 62.9 Å². The van der Waals surface area contributed by atoms with E-state index in [1.54, 1.807) is 0 Å². The summed E-state index contributed by atoms with van der Waals surface area (Å²) in [5.74, 6) is 1.86. The fourth-order valence-electron chi connectivity index (χ4n) is 3.94. The van der Waals surface area contributed by atoms with Gasteiger partial charge in [0.1, 0.15) is 6.61 Å². The van der Waals surface area contributed by atoms with E-state index < -0.39 is 0 Å². The third-order valence-corrected chi connectivity index (χ3v) is 5.79. The number of carbonyl (C=O) groups is 1. The highest BCUT2D eigenvalue weighted by Crippen LogP contribution is 2.30. The van der Waals surface area contributed by atoms with E-state index in [-0.39, 0.29) is 12.1 Å². The van der Waals surface area contributed by atoms with E-state index in [1.807, 2.05) is 30.3 Å². The van der Waals surface area contributed by atoms with Crippen LogP contribution in [0.4, 0.5) is 4.79 Å². The van der Waals surface area contributed by atoms with Crippen molar-refractivity contribution in [3.8, 4) is 0 Å². The molecule has 2 fully saturated rings. The van der Waals surface area contributed by atoms with Crippen LogP contribution in [0.3, 0.4) is 0 Å². The summed E-state index contributed by atoms with van der Waals surface area (Å²) in [6.45, 7) is 3.83. The van der Waals surface area contributed by atoms with Crippen LogP contribution in [0.15, 0.2) is 30.3 Å². The summed E-state index contributed by atoms with van der Waals surface area (Å²) < 4.78 is 5.27. The van der Waals surface area contributed by atoms with Crippen molar-refractivity contribution in [1.82, 2.24) is 10.6 Å². The van der Waals surface area contributed by atoms with Gasteiger partial charge in [-0.2, -0.15) is 0 Å². The van der Waals surface area contributed by atoms with Crippen molar-refractivity contribution >= 4 is 6.09 Å². The highest BCUT2D eigenvalue weighted by atomic mass is 16.5. The number of hydrogen-bond acceptors (Lipinski definition) is 3. The molecule has 0 heterocycles. The van der Waals surface area contributed by atoms with Crippen LogP contribution in [0.2, 0.25) is 0 Å². The minimum atomic E-state index is -0.302. The van der Waals surface area contributed by atoms with Crippen molar-refractivity contribution in [2.75, 3.05) is 6.54 Å². The number of ether oxygens (including phenoxy) is 1. The molecule has 1 aromatic rings. The number of alkyl carbamates (subject to hydrolysis) is 1. The number of rotatable bonds is 7. The Balaban J connectivity index is 1.21. The number of benzene rings is 1. The zero-order chi connectivity index (χ0) is 17.5. The Bertz CT molecular complexity index is 520. The maximum atomic E-state index is 11.8. The summed E-state index contributed by atoms with van der Waals surface area (Å²) in [6.07, 6.45) is 8.67. The van der Waals surface area contributed by atoms with Crippen molar-refractivity contribution in [3.63, 3.8) is 0 Å². The number of hydrogen-bond donors (Lipinski definition) is 2. The van der Waals surface area contributed by atoms with Crippen molar-refractivity contribution in [3.05, 3.63) is 35.9 Å². The first-order chi connectivity index (χ1) is 12.2. The van der Waals surface area contributed by atoms with Crippen LogP contribution in [-0.4, -0.2) is 24.7 Å². The van der Waals surface area contributed by atoms with Crippen molar-refractivity contribution in [1.29, 1.82) is 0 Å². The quantitative estimate of drug-likeness (QED) is 0.777. The SMILES string of the molecule is CC1CCC(CCNC2CC(NC(=O)OCc3ccccc3)C2)CC1. The second-order valence-corrected chi connectivity index (χ2v) is 7.94. The van der Waals surface area contributed by atoms with Crippen molar-refractivity contribution in [2.45, 2.75) is 70.6 Å². The molecule has 0 aliphatic heterocycles. The first kappa shape index (κ1) is 18.2. The minimum Gasteiger partial charge on any atom is -0.445 e. The van der Waals surface area contributed by atoms with E-state index in [1.165, 1.54) is 32.1 Å². The van der Waals surface area contributed by atoms with Gasteiger partial charge in [-0.15, -0.1) is 0 Å². The van der Waals surface area contributed by atoms with Crippen molar-refractivity contribution < 1.29 is 9.53 Å². The molecule has 2 saturated carbocycles. The lowest BCUT2D eigenvalue weighted by Gasteiger charge is -2.36. The Labute approximate surface area is 151 Å². The summed E-state index contributed by atoms with van der Waals surface area (Å²) in [5, 5.41) is 6.61. The molecule has 3 rings (SSSR count). The van der Waals surface area contributed by atoms with Crippen LogP contribution in [0, 0.1) is 11.8 Å². The second-order valence-electron chi connectivity index (χ2n) is 7.94. The topological polar surface area (TPSA) is 50.4 Å². The molecular formula is C21H32N2O2.